The van der Waals surface area contributed by atoms with E-state index in [0.717, 1.165) is 12.8 Å². The molecule has 2 rings (SSSR count). The van der Waals surface area contributed by atoms with Gasteiger partial charge in [0.2, 0.25) is 11.6 Å². The summed E-state index contributed by atoms with van der Waals surface area (Å²) in [6, 6.07) is 0. The zero-order valence-corrected chi connectivity index (χ0v) is 9.58. The normalized spacial score (nSPS) is 41.8. The van der Waals surface area contributed by atoms with Crippen LogP contribution in [0.25, 0.3) is 0 Å². The standard InChI is InChI=1S/C12H16O4/c1-11(6-4-8(13)14)7-3-5-12(11,2)10(16)9(7)15/h7H,3-6H2,1-2H3,(H,13,14)/t7-,11+,12+/m0/s1. The van der Waals surface area contributed by atoms with Crippen LogP contribution in [0.3, 0.4) is 0 Å². The molecule has 2 aliphatic rings. The highest BCUT2D eigenvalue weighted by Gasteiger charge is 2.68. The molecule has 0 unspecified atom stereocenters. The van der Waals surface area contributed by atoms with Crippen molar-refractivity contribution in [3.63, 3.8) is 0 Å². The quantitative estimate of drug-likeness (QED) is 0.736. The van der Waals surface area contributed by atoms with Gasteiger partial charge in [0.05, 0.1) is 0 Å². The number of Topliss-reactive ketones (excluding diaryl/α,β-unsaturated/α-hetero) is 2. The zero-order chi connectivity index (χ0) is 12.1. The van der Waals surface area contributed by atoms with E-state index < -0.39 is 16.8 Å². The first kappa shape index (κ1) is 11.3. The maximum atomic E-state index is 11.9. The molecular formula is C12H16O4. The maximum Gasteiger partial charge on any atom is 0.303 e. The van der Waals surface area contributed by atoms with Gasteiger partial charge in [-0.1, -0.05) is 13.8 Å². The number of aliphatic carboxylic acids is 1. The summed E-state index contributed by atoms with van der Waals surface area (Å²) in [7, 11) is 0. The van der Waals surface area contributed by atoms with E-state index in [0.29, 0.717) is 6.42 Å². The molecule has 0 aromatic heterocycles. The number of carboxylic acids is 1. The Morgan fingerprint density at radius 1 is 1.44 bits per heavy atom. The van der Waals surface area contributed by atoms with Crippen LogP contribution in [-0.4, -0.2) is 22.6 Å². The third-order valence-electron chi connectivity index (χ3n) is 4.86. The van der Waals surface area contributed by atoms with Gasteiger partial charge >= 0.3 is 5.97 Å². The van der Waals surface area contributed by atoms with Crippen LogP contribution in [0.2, 0.25) is 0 Å². The molecule has 0 saturated heterocycles. The third-order valence-corrected chi connectivity index (χ3v) is 4.86. The number of carboxylic acid groups (broad SMARTS) is 1. The second-order valence-electron chi connectivity index (χ2n) is 5.43. The Bertz CT molecular complexity index is 386. The van der Waals surface area contributed by atoms with Crippen LogP contribution in [0.1, 0.15) is 39.5 Å². The molecule has 4 nitrogen and oxygen atoms in total. The van der Waals surface area contributed by atoms with E-state index in [1.807, 2.05) is 13.8 Å². The van der Waals surface area contributed by atoms with Crippen molar-refractivity contribution in [2.75, 3.05) is 0 Å². The fourth-order valence-electron chi connectivity index (χ4n) is 3.46. The second kappa shape index (κ2) is 3.15. The van der Waals surface area contributed by atoms with Crippen LogP contribution >= 0.6 is 0 Å². The van der Waals surface area contributed by atoms with Gasteiger partial charge in [0.15, 0.2) is 0 Å². The highest BCUT2D eigenvalue weighted by Crippen LogP contribution is 2.64. The number of carbonyl (C=O) groups excluding carboxylic acids is 2. The average Bonchev–Trinajstić information content (AvgIpc) is 2.54. The lowest BCUT2D eigenvalue weighted by molar-refractivity contribution is -0.141. The molecule has 4 heteroatoms. The van der Waals surface area contributed by atoms with E-state index in [-0.39, 0.29) is 23.9 Å². The summed E-state index contributed by atoms with van der Waals surface area (Å²) in [5.41, 5.74) is -1.07. The van der Waals surface area contributed by atoms with Crippen molar-refractivity contribution in [2.45, 2.75) is 39.5 Å². The Kier molecular flexibility index (Phi) is 2.23. The van der Waals surface area contributed by atoms with Crippen molar-refractivity contribution in [3.05, 3.63) is 0 Å². The van der Waals surface area contributed by atoms with E-state index in [1.165, 1.54) is 0 Å². The van der Waals surface area contributed by atoms with Crippen molar-refractivity contribution in [2.24, 2.45) is 16.7 Å². The molecule has 1 N–H and O–H groups in total. The molecule has 3 atom stereocenters. The average molecular weight is 224 g/mol. The molecule has 0 spiro atoms. The molecule has 0 heterocycles. The van der Waals surface area contributed by atoms with Crippen molar-refractivity contribution in [1.82, 2.24) is 0 Å². The van der Waals surface area contributed by atoms with Crippen LogP contribution in [0, 0.1) is 16.7 Å². The van der Waals surface area contributed by atoms with Crippen molar-refractivity contribution >= 4 is 17.5 Å². The molecule has 0 aromatic carbocycles. The number of carbonyl (C=O) groups is 3. The zero-order valence-electron chi connectivity index (χ0n) is 9.58. The first-order valence-corrected chi connectivity index (χ1v) is 5.63. The number of hydrogen-bond acceptors (Lipinski definition) is 3. The van der Waals surface area contributed by atoms with Gasteiger partial charge < -0.3 is 5.11 Å². The summed E-state index contributed by atoms with van der Waals surface area (Å²) in [6.45, 7) is 3.72. The Hall–Kier alpha value is -1.19. The lowest BCUT2D eigenvalue weighted by Crippen LogP contribution is -2.35. The van der Waals surface area contributed by atoms with E-state index >= 15 is 0 Å². The topological polar surface area (TPSA) is 71.4 Å². The summed E-state index contributed by atoms with van der Waals surface area (Å²) in [4.78, 5) is 34.2. The van der Waals surface area contributed by atoms with Crippen LogP contribution < -0.4 is 0 Å². The molecule has 0 radical (unpaired) electrons. The highest BCUT2D eigenvalue weighted by molar-refractivity contribution is 6.43. The van der Waals surface area contributed by atoms with Gasteiger partial charge in [0, 0.05) is 17.8 Å². The van der Waals surface area contributed by atoms with Gasteiger partial charge in [0.25, 0.3) is 0 Å². The lowest BCUT2D eigenvalue weighted by atomic mass is 9.66. The molecule has 2 aliphatic carbocycles. The van der Waals surface area contributed by atoms with Crippen LogP contribution in [0.15, 0.2) is 0 Å². The maximum absolute atomic E-state index is 11.9. The minimum atomic E-state index is -0.865. The number of rotatable bonds is 3. The van der Waals surface area contributed by atoms with Gasteiger partial charge in [-0.2, -0.15) is 0 Å². The highest BCUT2D eigenvalue weighted by atomic mass is 16.4. The molecule has 88 valence electrons. The van der Waals surface area contributed by atoms with E-state index in [9.17, 15) is 14.4 Å². The fraction of sp³-hybridized carbons (Fsp3) is 0.750. The summed E-state index contributed by atoms with van der Waals surface area (Å²) < 4.78 is 0. The second-order valence-corrected chi connectivity index (χ2v) is 5.43. The lowest BCUT2D eigenvalue weighted by Gasteiger charge is -2.35. The minimum Gasteiger partial charge on any atom is -0.481 e. The van der Waals surface area contributed by atoms with Gasteiger partial charge in [-0.05, 0) is 24.7 Å². The summed E-state index contributed by atoms with van der Waals surface area (Å²) >= 11 is 0. The Labute approximate surface area is 94.0 Å². The van der Waals surface area contributed by atoms with Crippen molar-refractivity contribution in [3.8, 4) is 0 Å². The van der Waals surface area contributed by atoms with E-state index in [2.05, 4.69) is 0 Å². The van der Waals surface area contributed by atoms with Gasteiger partial charge in [-0.25, -0.2) is 0 Å². The van der Waals surface area contributed by atoms with Crippen LogP contribution in [-0.2, 0) is 14.4 Å². The SMILES string of the molecule is C[C@@]12CC[C@@H](C(=O)C1=O)[C@@]2(C)CCC(=O)O. The largest absolute Gasteiger partial charge is 0.481 e. The van der Waals surface area contributed by atoms with Crippen LogP contribution in [0.5, 0.6) is 0 Å². The smallest absolute Gasteiger partial charge is 0.303 e. The predicted octanol–water partition coefficient (Wildman–Crippen LogP) is 1.43. The Morgan fingerprint density at radius 2 is 2.06 bits per heavy atom. The van der Waals surface area contributed by atoms with E-state index in [4.69, 9.17) is 5.11 Å². The van der Waals surface area contributed by atoms with Gasteiger partial charge in [-0.15, -0.1) is 0 Å². The molecule has 0 amide bonds. The molecule has 2 saturated carbocycles. The first-order chi connectivity index (χ1) is 7.33. The van der Waals surface area contributed by atoms with Gasteiger partial charge in [0.1, 0.15) is 0 Å². The predicted molar refractivity (Wildman–Crippen MR) is 55.8 cm³/mol. The fourth-order valence-corrected chi connectivity index (χ4v) is 3.46. The number of ketones is 2. The Balaban J connectivity index is 2.31. The summed E-state index contributed by atoms with van der Waals surface area (Å²) in [6.07, 6.45) is 1.90. The molecule has 0 aromatic rings. The van der Waals surface area contributed by atoms with Crippen molar-refractivity contribution < 1.29 is 19.5 Å². The molecular weight excluding hydrogens is 208 g/mol. The number of fused-ring (bicyclic) bond motifs is 2. The van der Waals surface area contributed by atoms with Crippen molar-refractivity contribution in [1.29, 1.82) is 0 Å². The third kappa shape index (κ3) is 1.13. The minimum absolute atomic E-state index is 0.0309. The molecule has 2 bridgehead atoms. The van der Waals surface area contributed by atoms with E-state index in [1.54, 1.807) is 0 Å². The monoisotopic (exact) mass is 224 g/mol. The summed E-state index contributed by atoms with van der Waals surface area (Å²) in [5.74, 6) is -1.67. The van der Waals surface area contributed by atoms with Crippen LogP contribution in [0.4, 0.5) is 0 Å². The summed E-state index contributed by atoms with van der Waals surface area (Å²) in [5, 5.41) is 8.73. The first-order valence-electron chi connectivity index (χ1n) is 5.63. The molecule has 0 aliphatic heterocycles. The number of hydrogen-bond donors (Lipinski definition) is 1. The molecule has 2 fully saturated rings. The van der Waals surface area contributed by atoms with Gasteiger partial charge in [-0.3, -0.25) is 14.4 Å². The Morgan fingerprint density at radius 3 is 2.50 bits per heavy atom. The molecule has 16 heavy (non-hydrogen) atoms.